The zero-order valence-electron chi connectivity index (χ0n) is 13.9. The highest BCUT2D eigenvalue weighted by atomic mass is 19.3. The van der Waals surface area contributed by atoms with Crippen molar-refractivity contribution in [3.63, 3.8) is 0 Å². The van der Waals surface area contributed by atoms with Crippen molar-refractivity contribution in [2.24, 2.45) is 0 Å². The molecule has 12 heteroatoms. The van der Waals surface area contributed by atoms with Crippen molar-refractivity contribution >= 4 is 17.4 Å². The molecule has 0 radical (unpaired) electrons. The quantitative estimate of drug-likeness (QED) is 0.668. The van der Waals surface area contributed by atoms with Crippen LogP contribution < -0.4 is 5.32 Å². The summed E-state index contributed by atoms with van der Waals surface area (Å²) in [5.74, 6) is -0.845. The topological polar surface area (TPSA) is 85.1 Å². The smallest absolute Gasteiger partial charge is 0.272 e. The van der Waals surface area contributed by atoms with E-state index in [2.05, 4.69) is 25.3 Å². The second-order valence-electron chi connectivity index (χ2n) is 6.07. The van der Waals surface area contributed by atoms with Gasteiger partial charge in [0.1, 0.15) is 11.5 Å². The van der Waals surface area contributed by atoms with Crippen molar-refractivity contribution in [2.45, 2.75) is 31.4 Å². The number of fused-ring (bicyclic) bond motifs is 2. The molecule has 0 aliphatic carbocycles. The summed E-state index contributed by atoms with van der Waals surface area (Å²) in [5.41, 5.74) is -0.137. The molecular formula is C16H11F5N6O. The summed E-state index contributed by atoms with van der Waals surface area (Å²) in [5, 5.41) is 2.36. The van der Waals surface area contributed by atoms with Gasteiger partial charge in [-0.05, 0) is 0 Å². The number of anilines is 1. The Morgan fingerprint density at radius 2 is 1.86 bits per heavy atom. The summed E-state index contributed by atoms with van der Waals surface area (Å²) >= 11 is 0. The lowest BCUT2D eigenvalue weighted by Crippen LogP contribution is -2.30. The van der Waals surface area contributed by atoms with E-state index < -0.39 is 36.5 Å². The first-order chi connectivity index (χ1) is 13.3. The van der Waals surface area contributed by atoms with Crippen molar-refractivity contribution in [3.05, 3.63) is 36.0 Å². The van der Waals surface area contributed by atoms with E-state index in [4.69, 9.17) is 0 Å². The van der Waals surface area contributed by atoms with Crippen molar-refractivity contribution in [1.82, 2.24) is 24.3 Å². The van der Waals surface area contributed by atoms with Crippen molar-refractivity contribution in [3.8, 4) is 11.5 Å². The molecule has 3 atom stereocenters. The average Bonchev–Trinajstić information content (AvgIpc) is 3.29. The fourth-order valence-corrected chi connectivity index (χ4v) is 2.85. The van der Waals surface area contributed by atoms with Gasteiger partial charge < -0.3 is 9.72 Å². The molecule has 3 aromatic rings. The lowest BCUT2D eigenvalue weighted by atomic mass is 10.0. The number of hydrogen-bond acceptors (Lipinski definition) is 5. The molecule has 3 unspecified atom stereocenters. The van der Waals surface area contributed by atoms with Gasteiger partial charge in [0.05, 0.1) is 18.3 Å². The first kappa shape index (κ1) is 18.2. The number of aromatic nitrogens is 5. The van der Waals surface area contributed by atoms with E-state index in [1.807, 2.05) is 0 Å². The van der Waals surface area contributed by atoms with Crippen molar-refractivity contribution in [2.75, 3.05) is 5.32 Å². The Hall–Kier alpha value is -3.18. The molecule has 0 spiro atoms. The fraction of sp³-hybridized carbons (Fsp3) is 0.312. The molecule has 3 aromatic heterocycles. The highest BCUT2D eigenvalue weighted by Crippen LogP contribution is 2.36. The van der Waals surface area contributed by atoms with Crippen LogP contribution in [0.4, 0.5) is 27.8 Å². The Morgan fingerprint density at radius 1 is 1.07 bits per heavy atom. The maximum Gasteiger partial charge on any atom is 0.272 e. The van der Waals surface area contributed by atoms with Crippen LogP contribution in [0.5, 0.6) is 0 Å². The molecule has 0 bridgehead atoms. The van der Waals surface area contributed by atoms with Crippen LogP contribution in [0, 0.1) is 0 Å². The number of nitrogens with one attached hydrogen (secondary N) is 1. The third-order valence-electron chi connectivity index (χ3n) is 4.23. The Bertz CT molecular complexity index is 1060. The monoisotopic (exact) mass is 398 g/mol. The van der Waals surface area contributed by atoms with E-state index in [1.165, 1.54) is 18.6 Å². The fourth-order valence-electron chi connectivity index (χ4n) is 2.85. The molecule has 4 heterocycles. The molecule has 28 heavy (non-hydrogen) atoms. The molecule has 0 fully saturated rings. The Labute approximate surface area is 153 Å². The number of carbonyl (C=O) groups is 1. The van der Waals surface area contributed by atoms with Gasteiger partial charge in [0.25, 0.3) is 6.43 Å². The molecule has 1 aliphatic rings. The number of amides is 1. The van der Waals surface area contributed by atoms with Gasteiger partial charge in [-0.2, -0.15) is 0 Å². The number of halogens is 5. The van der Waals surface area contributed by atoms with Crippen LogP contribution in [0.3, 0.4) is 0 Å². The van der Waals surface area contributed by atoms with Crippen LogP contribution in [0.25, 0.3) is 17.2 Å². The van der Waals surface area contributed by atoms with Crippen LogP contribution >= 0.6 is 0 Å². The number of carbonyl (C=O) groups excluding carboxylic acids is 1. The molecule has 7 nitrogen and oxygen atoms in total. The number of alkyl halides is 5. The van der Waals surface area contributed by atoms with E-state index in [0.717, 1.165) is 0 Å². The van der Waals surface area contributed by atoms with Crippen molar-refractivity contribution < 1.29 is 26.7 Å². The number of rotatable bonds is 5. The van der Waals surface area contributed by atoms with Crippen LogP contribution in [0.1, 0.15) is 17.4 Å². The van der Waals surface area contributed by atoms with Crippen molar-refractivity contribution in [1.29, 1.82) is 0 Å². The third-order valence-corrected chi connectivity index (χ3v) is 4.23. The summed E-state index contributed by atoms with van der Waals surface area (Å²) < 4.78 is 68.4. The number of imidazole rings is 1. The first-order valence-electron chi connectivity index (χ1n) is 8.05. The largest absolute Gasteiger partial charge is 0.310 e. The minimum absolute atomic E-state index is 0.0974. The highest BCUT2D eigenvalue weighted by Gasteiger charge is 2.40. The second-order valence-corrected chi connectivity index (χ2v) is 6.07. The summed E-state index contributed by atoms with van der Waals surface area (Å²) in [4.78, 5) is 27.7. The standard InChI is InChI=1S/C16H11F5N6O/c17-10(12(19)14(20)21)11(18)13-6-3-9(28)24-15(6)26-16(25-13)7-5-27-2-1-22-8(27)4-23-7/h1-2,4-5,10-12,14H,3H2,(H,24,25,26,28). The average molecular weight is 398 g/mol. The van der Waals surface area contributed by atoms with Gasteiger partial charge in [0.2, 0.25) is 5.91 Å². The zero-order valence-corrected chi connectivity index (χ0v) is 13.9. The summed E-state index contributed by atoms with van der Waals surface area (Å²) in [6, 6.07) is 0. The molecule has 146 valence electrons. The van der Waals surface area contributed by atoms with Gasteiger partial charge in [-0.15, -0.1) is 0 Å². The molecular weight excluding hydrogens is 387 g/mol. The predicted octanol–water partition coefficient (Wildman–Crippen LogP) is 2.63. The van der Waals surface area contributed by atoms with E-state index in [1.54, 1.807) is 10.6 Å². The summed E-state index contributed by atoms with van der Waals surface area (Å²) in [6.45, 7) is 0. The maximum atomic E-state index is 14.6. The third kappa shape index (κ3) is 3.04. The van der Waals surface area contributed by atoms with Gasteiger partial charge in [-0.1, -0.05) is 0 Å². The Morgan fingerprint density at radius 3 is 2.61 bits per heavy atom. The van der Waals surface area contributed by atoms with Crippen LogP contribution in [-0.4, -0.2) is 49.0 Å². The molecule has 0 saturated carbocycles. The van der Waals surface area contributed by atoms with E-state index >= 15 is 0 Å². The van der Waals surface area contributed by atoms with Gasteiger partial charge in [-0.3, -0.25) is 4.79 Å². The molecule has 1 N–H and O–H groups in total. The second kappa shape index (κ2) is 6.77. The molecule has 0 aromatic carbocycles. The van der Waals surface area contributed by atoms with Gasteiger partial charge in [-0.25, -0.2) is 41.9 Å². The van der Waals surface area contributed by atoms with Gasteiger partial charge in [0.15, 0.2) is 30.0 Å². The first-order valence-corrected chi connectivity index (χ1v) is 8.05. The lowest BCUT2D eigenvalue weighted by molar-refractivity contribution is -0.115. The molecule has 0 saturated heterocycles. The molecule has 1 amide bonds. The maximum absolute atomic E-state index is 14.6. The van der Waals surface area contributed by atoms with E-state index in [0.29, 0.717) is 5.65 Å². The predicted molar refractivity (Wildman–Crippen MR) is 86.0 cm³/mol. The SMILES string of the molecule is O=C1Cc2c(nc(-c3cn4ccnc4cn3)nc2C(F)C(F)C(F)C(F)F)N1. The van der Waals surface area contributed by atoms with E-state index in [-0.39, 0.29) is 29.3 Å². The van der Waals surface area contributed by atoms with Crippen LogP contribution in [0.2, 0.25) is 0 Å². The summed E-state index contributed by atoms with van der Waals surface area (Å²) in [7, 11) is 0. The van der Waals surface area contributed by atoms with Gasteiger partial charge >= 0.3 is 0 Å². The van der Waals surface area contributed by atoms with Gasteiger partial charge in [0, 0.05) is 24.2 Å². The minimum atomic E-state index is -3.70. The molecule has 4 rings (SSSR count). The Balaban J connectivity index is 1.80. The minimum Gasteiger partial charge on any atom is -0.310 e. The lowest BCUT2D eigenvalue weighted by Gasteiger charge is -2.18. The molecule has 1 aliphatic heterocycles. The number of nitrogens with zero attached hydrogens (tertiary/aromatic N) is 5. The van der Waals surface area contributed by atoms with Crippen LogP contribution in [0.15, 0.2) is 24.8 Å². The number of hydrogen-bond donors (Lipinski definition) is 1. The van der Waals surface area contributed by atoms with Crippen LogP contribution in [-0.2, 0) is 11.2 Å². The summed E-state index contributed by atoms with van der Waals surface area (Å²) in [6.07, 6.45) is -7.45. The van der Waals surface area contributed by atoms with E-state index in [9.17, 15) is 26.7 Å². The highest BCUT2D eigenvalue weighted by molar-refractivity contribution is 5.98. The Kier molecular flexibility index (Phi) is 4.40. The normalized spacial score (nSPS) is 16.9. The zero-order chi connectivity index (χ0) is 20.0.